The van der Waals surface area contributed by atoms with Gasteiger partial charge < -0.3 is 19.5 Å². The minimum absolute atomic E-state index is 0.200. The fraction of sp³-hybridized carbons (Fsp3) is 0.304. The van der Waals surface area contributed by atoms with Crippen LogP contribution in [0.25, 0.3) is 0 Å². The minimum Gasteiger partial charge on any atom is -0.490 e. The lowest BCUT2D eigenvalue weighted by Gasteiger charge is -2.28. The molecule has 1 N–H and O–H groups in total. The first-order chi connectivity index (χ1) is 16.8. The Morgan fingerprint density at radius 3 is 2.69 bits per heavy atom. The number of hydrogen-bond donors (Lipinski definition) is 1. The van der Waals surface area contributed by atoms with Crippen molar-refractivity contribution in [2.45, 2.75) is 33.4 Å². The summed E-state index contributed by atoms with van der Waals surface area (Å²) in [4.78, 5) is 12.9. The molecule has 3 aromatic rings. The third kappa shape index (κ3) is 5.24. The molecule has 0 radical (unpaired) electrons. The fourth-order valence-corrected chi connectivity index (χ4v) is 4.77. The lowest BCUT2D eigenvalue weighted by atomic mass is 9.95. The first-order valence-corrected chi connectivity index (χ1v) is 12.3. The number of aromatic nitrogens is 4. The summed E-state index contributed by atoms with van der Waals surface area (Å²) < 4.78 is 19.5. The Hall–Kier alpha value is -2.82. The van der Waals surface area contributed by atoms with E-state index in [9.17, 15) is 4.79 Å². The zero-order chi connectivity index (χ0) is 25.1. The average Bonchev–Trinajstić information content (AvgIpc) is 3.27. The summed E-state index contributed by atoms with van der Waals surface area (Å²) >= 11 is 15.9. The van der Waals surface area contributed by atoms with Crippen LogP contribution in [0.5, 0.6) is 11.5 Å². The van der Waals surface area contributed by atoms with Crippen LogP contribution in [0.3, 0.4) is 0 Å². The number of anilines is 1. The smallest absolute Gasteiger partial charge is 0.338 e. The molecule has 184 valence electrons. The van der Waals surface area contributed by atoms with Crippen molar-refractivity contribution in [3.05, 3.63) is 67.2 Å². The van der Waals surface area contributed by atoms with Crippen molar-refractivity contribution in [3.63, 3.8) is 0 Å². The van der Waals surface area contributed by atoms with Crippen molar-refractivity contribution in [2.24, 2.45) is 0 Å². The normalized spacial score (nSPS) is 14.9. The van der Waals surface area contributed by atoms with Crippen LogP contribution in [0, 0.1) is 0 Å². The molecule has 4 rings (SSSR count). The summed E-state index contributed by atoms with van der Waals surface area (Å²) in [6.07, 6.45) is 0. The van der Waals surface area contributed by atoms with Crippen LogP contribution in [0.2, 0.25) is 10.0 Å². The van der Waals surface area contributed by atoms with Crippen LogP contribution in [0.4, 0.5) is 5.95 Å². The molecule has 1 aromatic heterocycles. The third-order valence-corrected chi connectivity index (χ3v) is 6.42. The highest BCUT2D eigenvalue weighted by Crippen LogP contribution is 2.43. The zero-order valence-electron chi connectivity index (χ0n) is 19.1. The largest absolute Gasteiger partial charge is 0.490 e. The van der Waals surface area contributed by atoms with Crippen LogP contribution < -0.4 is 14.8 Å². The molecule has 1 aliphatic heterocycles. The second-order valence-corrected chi connectivity index (χ2v) is 9.22. The zero-order valence-corrected chi connectivity index (χ0v) is 22.2. The van der Waals surface area contributed by atoms with Gasteiger partial charge in [-0.05, 0) is 77.0 Å². The van der Waals surface area contributed by atoms with Gasteiger partial charge in [0.1, 0.15) is 12.6 Å². The Balaban J connectivity index is 1.75. The summed E-state index contributed by atoms with van der Waals surface area (Å²) in [5.74, 6) is 0.921. The maximum Gasteiger partial charge on any atom is 0.338 e. The molecular weight excluding hydrogens is 561 g/mol. The van der Waals surface area contributed by atoms with Crippen molar-refractivity contribution in [3.8, 4) is 11.5 Å². The van der Waals surface area contributed by atoms with Gasteiger partial charge in [-0.1, -0.05) is 34.4 Å². The maximum atomic E-state index is 12.9. The molecule has 2 aromatic carbocycles. The summed E-state index contributed by atoms with van der Waals surface area (Å²) in [5, 5.41) is 16.0. The number of esters is 1. The Morgan fingerprint density at radius 1 is 1.17 bits per heavy atom. The molecule has 1 unspecified atom stereocenters. The monoisotopic (exact) mass is 581 g/mol. The topological polar surface area (TPSA) is 100 Å². The van der Waals surface area contributed by atoms with Gasteiger partial charge in [0.2, 0.25) is 5.95 Å². The van der Waals surface area contributed by atoms with Crippen molar-refractivity contribution in [1.29, 1.82) is 0 Å². The second-order valence-electron chi connectivity index (χ2n) is 7.52. The molecule has 0 amide bonds. The van der Waals surface area contributed by atoms with Crippen LogP contribution in [-0.4, -0.2) is 39.4 Å². The van der Waals surface area contributed by atoms with E-state index in [4.69, 9.17) is 37.4 Å². The molecule has 35 heavy (non-hydrogen) atoms. The number of ether oxygens (including phenoxy) is 3. The number of tetrazole rings is 1. The number of hydrogen-bond acceptors (Lipinski definition) is 8. The van der Waals surface area contributed by atoms with Gasteiger partial charge >= 0.3 is 5.97 Å². The average molecular weight is 583 g/mol. The highest BCUT2D eigenvalue weighted by molar-refractivity contribution is 9.10. The summed E-state index contributed by atoms with van der Waals surface area (Å²) in [6.45, 7) is 6.24. The van der Waals surface area contributed by atoms with Crippen molar-refractivity contribution >= 4 is 51.0 Å². The fourth-order valence-electron chi connectivity index (χ4n) is 3.73. The van der Waals surface area contributed by atoms with E-state index in [0.717, 1.165) is 5.56 Å². The molecule has 0 saturated carbocycles. The number of nitrogens with one attached hydrogen (secondary N) is 1. The molecule has 0 aliphatic carbocycles. The molecule has 0 spiro atoms. The van der Waals surface area contributed by atoms with Gasteiger partial charge in [0, 0.05) is 21.3 Å². The SMILES string of the molecule is CCOC(=O)C1=C(C)Nc2nnnn2C1c1cc(Br)c(OCc2ccc(Cl)cc2Cl)c(OCC)c1. The maximum absolute atomic E-state index is 12.9. The number of carbonyl (C=O) groups is 1. The highest BCUT2D eigenvalue weighted by Gasteiger charge is 2.36. The Kier molecular flexibility index (Phi) is 7.83. The van der Waals surface area contributed by atoms with E-state index in [1.54, 1.807) is 38.1 Å². The molecular formula is C23H22BrCl2N5O4. The predicted octanol–water partition coefficient (Wildman–Crippen LogP) is 5.57. The number of fused-ring (bicyclic) bond motifs is 1. The summed E-state index contributed by atoms with van der Waals surface area (Å²) in [6, 6.07) is 8.23. The molecule has 0 saturated heterocycles. The van der Waals surface area contributed by atoms with Crippen LogP contribution in [0.15, 0.2) is 46.1 Å². The quantitative estimate of drug-likeness (QED) is 0.344. The van der Waals surface area contributed by atoms with Crippen molar-refractivity contribution in [1.82, 2.24) is 20.2 Å². The number of allylic oxidation sites excluding steroid dienone is 1. The molecule has 2 heterocycles. The Bertz CT molecular complexity index is 1300. The standard InChI is InChI=1S/C23H22BrCl2N5O4/c1-4-33-18-9-14(8-16(24)21(18)35-11-13-6-7-15(25)10-17(13)26)20-19(22(32)34-5-2)12(3)27-23-28-29-30-31(20)23/h6-10,20H,4-5,11H2,1-3H3,(H,27,28,30). The van der Waals surface area contributed by atoms with Crippen molar-refractivity contribution in [2.75, 3.05) is 18.5 Å². The number of carbonyl (C=O) groups excluding carboxylic acids is 1. The van der Waals surface area contributed by atoms with E-state index in [1.807, 2.05) is 13.0 Å². The van der Waals surface area contributed by atoms with Gasteiger partial charge in [0.05, 0.1) is 23.3 Å². The van der Waals surface area contributed by atoms with Crippen molar-refractivity contribution < 1.29 is 19.0 Å². The molecule has 0 bridgehead atoms. The third-order valence-electron chi connectivity index (χ3n) is 5.24. The van der Waals surface area contributed by atoms with Gasteiger partial charge in [-0.15, -0.1) is 0 Å². The predicted molar refractivity (Wildman–Crippen MR) is 135 cm³/mol. The van der Waals surface area contributed by atoms with E-state index in [1.165, 1.54) is 4.68 Å². The minimum atomic E-state index is -0.643. The molecule has 1 atom stereocenters. The number of rotatable bonds is 8. The van der Waals surface area contributed by atoms with E-state index in [-0.39, 0.29) is 13.2 Å². The summed E-state index contributed by atoms with van der Waals surface area (Å²) in [7, 11) is 0. The second kappa shape index (κ2) is 10.8. The number of halogens is 3. The van der Waals surface area contributed by atoms with Crippen LogP contribution >= 0.6 is 39.1 Å². The van der Waals surface area contributed by atoms with E-state index >= 15 is 0 Å². The summed E-state index contributed by atoms with van der Waals surface area (Å²) in [5.41, 5.74) is 2.47. The van der Waals surface area contributed by atoms with E-state index in [2.05, 4.69) is 36.8 Å². The van der Waals surface area contributed by atoms with Gasteiger partial charge in [0.15, 0.2) is 11.5 Å². The molecule has 1 aliphatic rings. The van der Waals surface area contributed by atoms with Crippen LogP contribution in [0.1, 0.15) is 37.9 Å². The lowest BCUT2D eigenvalue weighted by molar-refractivity contribution is -0.139. The Labute approximate surface area is 220 Å². The number of benzene rings is 2. The van der Waals surface area contributed by atoms with Gasteiger partial charge in [-0.3, -0.25) is 0 Å². The van der Waals surface area contributed by atoms with E-state index in [0.29, 0.717) is 55.4 Å². The first-order valence-electron chi connectivity index (χ1n) is 10.8. The first kappa shape index (κ1) is 25.3. The van der Waals surface area contributed by atoms with Crippen LogP contribution in [-0.2, 0) is 16.1 Å². The van der Waals surface area contributed by atoms with E-state index < -0.39 is 12.0 Å². The van der Waals surface area contributed by atoms with Gasteiger partial charge in [-0.2, -0.15) is 4.68 Å². The lowest BCUT2D eigenvalue weighted by Crippen LogP contribution is -2.29. The number of nitrogens with zero attached hydrogens (tertiary/aromatic N) is 4. The highest BCUT2D eigenvalue weighted by atomic mass is 79.9. The molecule has 12 heteroatoms. The molecule has 9 nitrogen and oxygen atoms in total. The van der Waals surface area contributed by atoms with Gasteiger partial charge in [-0.25, -0.2) is 4.79 Å². The van der Waals surface area contributed by atoms with Gasteiger partial charge in [0.25, 0.3) is 0 Å². The Morgan fingerprint density at radius 2 is 1.97 bits per heavy atom. The molecule has 0 fully saturated rings.